The summed E-state index contributed by atoms with van der Waals surface area (Å²) in [5.74, 6) is 0.0988. The Labute approximate surface area is 194 Å². The van der Waals surface area contributed by atoms with Crippen LogP contribution in [-0.4, -0.2) is 28.9 Å². The van der Waals surface area contributed by atoms with Gasteiger partial charge in [-0.15, -0.1) is 0 Å². The summed E-state index contributed by atoms with van der Waals surface area (Å²) in [4.78, 5) is 38.3. The lowest BCUT2D eigenvalue weighted by Gasteiger charge is -2.34. The van der Waals surface area contributed by atoms with E-state index in [0.29, 0.717) is 28.8 Å². The molecule has 1 aliphatic carbocycles. The fraction of sp³-hybridized carbons (Fsp3) is 0.423. The molecule has 0 atom stereocenters. The molecule has 0 unspecified atom stereocenters. The average Bonchev–Trinajstić information content (AvgIpc) is 2.76. The summed E-state index contributed by atoms with van der Waals surface area (Å²) in [6.45, 7) is 7.43. The summed E-state index contributed by atoms with van der Waals surface area (Å²) in [6, 6.07) is 11.4. The molecule has 0 aliphatic heterocycles. The normalized spacial score (nSPS) is 18.0. The predicted octanol–water partition coefficient (Wildman–Crippen LogP) is 5.70. The summed E-state index contributed by atoms with van der Waals surface area (Å²) in [7, 11) is 0. The van der Waals surface area contributed by atoms with Crippen molar-refractivity contribution in [3.8, 4) is 11.5 Å². The van der Waals surface area contributed by atoms with E-state index in [1.54, 1.807) is 41.3 Å². The van der Waals surface area contributed by atoms with E-state index in [9.17, 15) is 19.5 Å². The van der Waals surface area contributed by atoms with Crippen molar-refractivity contribution in [2.45, 2.75) is 59.4 Å². The lowest BCUT2D eigenvalue weighted by Crippen LogP contribution is -2.42. The third-order valence-electron chi connectivity index (χ3n) is 5.99. The minimum atomic E-state index is -1.12. The first-order chi connectivity index (χ1) is 15.7. The molecule has 1 saturated carbocycles. The van der Waals surface area contributed by atoms with Crippen molar-refractivity contribution in [2.75, 3.05) is 10.2 Å². The van der Waals surface area contributed by atoms with Gasteiger partial charge in [0, 0.05) is 24.6 Å². The molecule has 2 aromatic rings. The van der Waals surface area contributed by atoms with Gasteiger partial charge in [0.1, 0.15) is 11.5 Å². The molecule has 0 saturated heterocycles. The number of nitrogens with one attached hydrogen (secondary N) is 1. The van der Waals surface area contributed by atoms with Gasteiger partial charge in [0.2, 0.25) is 11.8 Å². The topological polar surface area (TPSA) is 95.9 Å². The Kier molecular flexibility index (Phi) is 7.74. The van der Waals surface area contributed by atoms with Crippen LogP contribution in [0.25, 0.3) is 0 Å². The van der Waals surface area contributed by atoms with Gasteiger partial charge in [-0.3, -0.25) is 9.59 Å². The number of benzene rings is 2. The van der Waals surface area contributed by atoms with Crippen LogP contribution < -0.4 is 15.0 Å². The van der Waals surface area contributed by atoms with Gasteiger partial charge >= 0.3 is 5.97 Å². The lowest BCUT2D eigenvalue weighted by molar-refractivity contribution is -0.124. The molecule has 1 fully saturated rings. The second kappa shape index (κ2) is 10.5. The molecule has 0 bridgehead atoms. The summed E-state index contributed by atoms with van der Waals surface area (Å²) in [5.41, 5.74) is 1.04. The highest BCUT2D eigenvalue weighted by Crippen LogP contribution is 2.35. The molecule has 3 rings (SSSR count). The SMILES string of the molecule is CC(=O)Nc1ccc(Oc2ccc(N(C(=O)[C@H]3CC[C@H](C)CC3)C(C)C)c(C(=O)O)c2)cc1. The summed E-state index contributed by atoms with van der Waals surface area (Å²) < 4.78 is 5.83. The zero-order chi connectivity index (χ0) is 24.1. The number of carbonyl (C=O) groups excluding carboxylic acids is 2. The summed E-state index contributed by atoms with van der Waals surface area (Å²) in [5, 5.41) is 12.6. The van der Waals surface area contributed by atoms with Crippen LogP contribution in [0.4, 0.5) is 11.4 Å². The molecular weight excluding hydrogens is 420 g/mol. The van der Waals surface area contributed by atoms with Gasteiger partial charge in [0.15, 0.2) is 0 Å². The first-order valence-corrected chi connectivity index (χ1v) is 11.4. The zero-order valence-corrected chi connectivity index (χ0v) is 19.6. The van der Waals surface area contributed by atoms with E-state index in [1.165, 1.54) is 13.0 Å². The smallest absolute Gasteiger partial charge is 0.337 e. The van der Waals surface area contributed by atoms with E-state index in [2.05, 4.69) is 12.2 Å². The minimum absolute atomic E-state index is 0.0124. The zero-order valence-electron chi connectivity index (χ0n) is 19.6. The number of rotatable bonds is 7. The molecule has 0 spiro atoms. The monoisotopic (exact) mass is 452 g/mol. The van der Waals surface area contributed by atoms with Crippen molar-refractivity contribution in [3.05, 3.63) is 48.0 Å². The molecule has 1 aliphatic rings. The van der Waals surface area contributed by atoms with E-state index in [4.69, 9.17) is 4.74 Å². The van der Waals surface area contributed by atoms with Crippen LogP contribution in [-0.2, 0) is 9.59 Å². The molecular formula is C26H32N2O5. The van der Waals surface area contributed by atoms with Gasteiger partial charge < -0.3 is 20.1 Å². The third kappa shape index (κ3) is 6.12. The van der Waals surface area contributed by atoms with E-state index in [0.717, 1.165) is 25.7 Å². The number of carboxylic acids is 1. The number of ether oxygens (including phenoxy) is 1. The van der Waals surface area contributed by atoms with Crippen molar-refractivity contribution in [3.63, 3.8) is 0 Å². The van der Waals surface area contributed by atoms with Gasteiger partial charge in [-0.05, 0) is 87.9 Å². The van der Waals surface area contributed by atoms with Crippen LogP contribution in [0.3, 0.4) is 0 Å². The fourth-order valence-electron chi connectivity index (χ4n) is 4.26. The third-order valence-corrected chi connectivity index (χ3v) is 5.99. The van der Waals surface area contributed by atoms with Crippen molar-refractivity contribution in [1.29, 1.82) is 0 Å². The van der Waals surface area contributed by atoms with Gasteiger partial charge in [0.05, 0.1) is 11.3 Å². The minimum Gasteiger partial charge on any atom is -0.478 e. The highest BCUT2D eigenvalue weighted by atomic mass is 16.5. The first kappa shape index (κ1) is 24.3. The maximum Gasteiger partial charge on any atom is 0.337 e. The second-order valence-corrected chi connectivity index (χ2v) is 9.05. The van der Waals surface area contributed by atoms with Gasteiger partial charge in [-0.25, -0.2) is 4.79 Å². The van der Waals surface area contributed by atoms with Crippen molar-refractivity contribution in [2.24, 2.45) is 11.8 Å². The number of anilines is 2. The number of aromatic carboxylic acids is 1. The maximum absolute atomic E-state index is 13.4. The Morgan fingerprint density at radius 1 is 1.00 bits per heavy atom. The fourth-order valence-corrected chi connectivity index (χ4v) is 4.26. The molecule has 2 aromatic carbocycles. The highest BCUT2D eigenvalue weighted by molar-refractivity contribution is 6.03. The van der Waals surface area contributed by atoms with E-state index < -0.39 is 5.97 Å². The number of nitrogens with zero attached hydrogens (tertiary/aromatic N) is 1. The van der Waals surface area contributed by atoms with Crippen LogP contribution >= 0.6 is 0 Å². The van der Waals surface area contributed by atoms with E-state index in [-0.39, 0.29) is 29.3 Å². The summed E-state index contributed by atoms with van der Waals surface area (Å²) in [6.07, 6.45) is 3.70. The Balaban J connectivity index is 1.85. The number of amides is 2. The number of carboxylic acid groups (broad SMARTS) is 1. The van der Waals surface area contributed by atoms with Crippen molar-refractivity contribution >= 4 is 29.2 Å². The average molecular weight is 453 g/mol. The van der Waals surface area contributed by atoms with E-state index in [1.807, 2.05) is 13.8 Å². The van der Waals surface area contributed by atoms with Crippen molar-refractivity contribution in [1.82, 2.24) is 0 Å². The second-order valence-electron chi connectivity index (χ2n) is 9.05. The van der Waals surface area contributed by atoms with E-state index >= 15 is 0 Å². The Hall–Kier alpha value is -3.35. The number of hydrogen-bond acceptors (Lipinski definition) is 4. The summed E-state index contributed by atoms with van der Waals surface area (Å²) >= 11 is 0. The molecule has 7 nitrogen and oxygen atoms in total. The molecule has 0 aromatic heterocycles. The number of hydrogen-bond donors (Lipinski definition) is 2. The molecule has 33 heavy (non-hydrogen) atoms. The van der Waals surface area contributed by atoms with Crippen LogP contribution in [0.5, 0.6) is 11.5 Å². The van der Waals surface area contributed by atoms with Crippen LogP contribution in [0, 0.1) is 11.8 Å². The molecule has 0 heterocycles. The Bertz CT molecular complexity index is 1010. The predicted molar refractivity (Wildman–Crippen MR) is 128 cm³/mol. The largest absolute Gasteiger partial charge is 0.478 e. The quantitative estimate of drug-likeness (QED) is 0.561. The van der Waals surface area contributed by atoms with Crippen LogP contribution in [0.2, 0.25) is 0 Å². The van der Waals surface area contributed by atoms with Crippen LogP contribution in [0.15, 0.2) is 42.5 Å². The Morgan fingerprint density at radius 2 is 1.61 bits per heavy atom. The van der Waals surface area contributed by atoms with Gasteiger partial charge in [-0.2, -0.15) is 0 Å². The molecule has 0 radical (unpaired) electrons. The molecule has 7 heteroatoms. The standard InChI is InChI=1S/C26H32N2O5/c1-16(2)28(25(30)19-7-5-17(3)6-8-19)24-14-13-22(15-23(24)26(31)32)33-21-11-9-20(10-12-21)27-18(4)29/h9-17,19H,5-8H2,1-4H3,(H,27,29)(H,31,32)/t17-,19-. The van der Waals surface area contributed by atoms with Crippen molar-refractivity contribution < 1.29 is 24.2 Å². The molecule has 2 N–H and O–H groups in total. The van der Waals surface area contributed by atoms with Crippen LogP contribution in [0.1, 0.15) is 63.7 Å². The molecule has 2 amide bonds. The highest BCUT2D eigenvalue weighted by Gasteiger charge is 2.32. The number of carbonyl (C=O) groups is 3. The van der Waals surface area contributed by atoms with Gasteiger partial charge in [-0.1, -0.05) is 6.92 Å². The lowest BCUT2D eigenvalue weighted by atomic mass is 9.82. The Morgan fingerprint density at radius 3 is 2.15 bits per heavy atom. The first-order valence-electron chi connectivity index (χ1n) is 11.4. The maximum atomic E-state index is 13.4. The van der Waals surface area contributed by atoms with Gasteiger partial charge in [0.25, 0.3) is 0 Å². The molecule has 176 valence electrons.